The Morgan fingerprint density at radius 3 is 3.00 bits per heavy atom. The molecule has 3 N–H and O–H groups in total. The number of carbonyl (C=O) groups excluding carboxylic acids is 1. The summed E-state index contributed by atoms with van der Waals surface area (Å²) >= 11 is 1.57. The molecule has 3 heterocycles. The molecule has 3 aromatic rings. The highest BCUT2D eigenvalue weighted by molar-refractivity contribution is 7.14. The Hall–Kier alpha value is -2.44. The summed E-state index contributed by atoms with van der Waals surface area (Å²) in [7, 11) is 0. The van der Waals surface area contributed by atoms with Crippen molar-refractivity contribution in [3.8, 4) is 11.3 Å². The number of H-pyrrole nitrogens is 1. The van der Waals surface area contributed by atoms with Gasteiger partial charge in [0.2, 0.25) is 0 Å². The normalized spacial score (nSPS) is 17.1. The van der Waals surface area contributed by atoms with Crippen molar-refractivity contribution in [2.24, 2.45) is 0 Å². The predicted octanol–water partition coefficient (Wildman–Crippen LogP) is 3.82. The lowest BCUT2D eigenvalue weighted by Crippen LogP contribution is -2.11. The zero-order chi connectivity index (χ0) is 16.4. The molecule has 1 fully saturated rings. The van der Waals surface area contributed by atoms with E-state index >= 15 is 0 Å². The van der Waals surface area contributed by atoms with Crippen LogP contribution in [-0.2, 0) is 0 Å². The number of nitrogens with one attached hydrogen (secondary N) is 3. The second kappa shape index (κ2) is 6.59. The Labute approximate surface area is 144 Å². The number of thiophene rings is 1. The highest BCUT2D eigenvalue weighted by Gasteiger charge is 2.19. The minimum atomic E-state index is -0.0639. The van der Waals surface area contributed by atoms with Crippen LogP contribution in [0.15, 0.2) is 48.7 Å². The monoisotopic (exact) mass is 338 g/mol. The van der Waals surface area contributed by atoms with Gasteiger partial charge in [0, 0.05) is 28.4 Å². The minimum absolute atomic E-state index is 0.0639. The summed E-state index contributed by atoms with van der Waals surface area (Å²) in [5, 5.41) is 13.3. The number of amides is 1. The first-order valence-corrected chi connectivity index (χ1v) is 8.85. The fourth-order valence-electron chi connectivity index (χ4n) is 2.96. The molecule has 6 heteroatoms. The number of rotatable bonds is 4. The van der Waals surface area contributed by atoms with Crippen molar-refractivity contribution in [2.45, 2.75) is 18.9 Å². The predicted molar refractivity (Wildman–Crippen MR) is 96.3 cm³/mol. The van der Waals surface area contributed by atoms with E-state index in [4.69, 9.17) is 0 Å². The van der Waals surface area contributed by atoms with Crippen molar-refractivity contribution in [3.05, 3.63) is 58.4 Å². The Bertz CT molecular complexity index is 834. The van der Waals surface area contributed by atoms with Gasteiger partial charge in [-0.05, 0) is 49.7 Å². The van der Waals surface area contributed by atoms with Gasteiger partial charge < -0.3 is 10.6 Å². The Balaban J connectivity index is 1.49. The molecule has 1 amide bonds. The topological polar surface area (TPSA) is 69.8 Å². The lowest BCUT2D eigenvalue weighted by Gasteiger charge is -2.07. The second-order valence-corrected chi connectivity index (χ2v) is 6.97. The van der Waals surface area contributed by atoms with Crippen molar-refractivity contribution < 1.29 is 4.79 Å². The van der Waals surface area contributed by atoms with Crippen LogP contribution in [0.4, 0.5) is 5.69 Å². The molecule has 0 bridgehead atoms. The summed E-state index contributed by atoms with van der Waals surface area (Å²) in [4.78, 5) is 14.5. The summed E-state index contributed by atoms with van der Waals surface area (Å²) in [6, 6.07) is 14.0. The number of aromatic amines is 1. The van der Waals surface area contributed by atoms with Crippen LogP contribution in [0.25, 0.3) is 11.3 Å². The molecular weight excluding hydrogens is 320 g/mol. The number of anilines is 1. The molecule has 0 saturated carbocycles. The molecule has 1 unspecified atom stereocenters. The molecular formula is C18H18N4OS. The average molecular weight is 338 g/mol. The highest BCUT2D eigenvalue weighted by atomic mass is 32.1. The van der Waals surface area contributed by atoms with E-state index < -0.39 is 0 Å². The third kappa shape index (κ3) is 3.11. The van der Waals surface area contributed by atoms with E-state index in [2.05, 4.69) is 26.9 Å². The first-order chi connectivity index (χ1) is 11.8. The molecule has 24 heavy (non-hydrogen) atoms. The first kappa shape index (κ1) is 15.1. The smallest absolute Gasteiger partial charge is 0.265 e. The fraction of sp³-hybridized carbons (Fsp3) is 0.222. The van der Waals surface area contributed by atoms with Crippen LogP contribution in [0.3, 0.4) is 0 Å². The molecule has 0 radical (unpaired) electrons. The number of carbonyl (C=O) groups is 1. The Morgan fingerprint density at radius 1 is 1.25 bits per heavy atom. The molecule has 2 aromatic heterocycles. The summed E-state index contributed by atoms with van der Waals surface area (Å²) in [6.45, 7) is 1.06. The van der Waals surface area contributed by atoms with Gasteiger partial charge in [0.05, 0.1) is 10.6 Å². The third-order valence-electron chi connectivity index (χ3n) is 4.19. The highest BCUT2D eigenvalue weighted by Crippen LogP contribution is 2.30. The van der Waals surface area contributed by atoms with Crippen molar-refractivity contribution in [1.82, 2.24) is 15.5 Å². The van der Waals surface area contributed by atoms with Gasteiger partial charge in [-0.25, -0.2) is 0 Å². The summed E-state index contributed by atoms with van der Waals surface area (Å²) in [5.74, 6) is -0.0639. The molecule has 1 atom stereocenters. The first-order valence-electron chi connectivity index (χ1n) is 8.04. The van der Waals surface area contributed by atoms with Gasteiger partial charge in [-0.15, -0.1) is 11.3 Å². The van der Waals surface area contributed by atoms with E-state index in [1.807, 2.05) is 36.4 Å². The molecule has 1 aromatic carbocycles. The van der Waals surface area contributed by atoms with Gasteiger partial charge in [0.1, 0.15) is 0 Å². The van der Waals surface area contributed by atoms with Gasteiger partial charge >= 0.3 is 0 Å². The van der Waals surface area contributed by atoms with E-state index in [1.165, 1.54) is 11.3 Å². The lowest BCUT2D eigenvalue weighted by molar-refractivity contribution is 0.103. The van der Waals surface area contributed by atoms with Crippen LogP contribution in [0.1, 0.15) is 33.4 Å². The van der Waals surface area contributed by atoms with Gasteiger partial charge in [-0.2, -0.15) is 5.10 Å². The van der Waals surface area contributed by atoms with E-state index in [0.717, 1.165) is 34.8 Å². The Morgan fingerprint density at radius 2 is 2.21 bits per heavy atom. The lowest BCUT2D eigenvalue weighted by atomic mass is 10.1. The third-order valence-corrected chi connectivity index (χ3v) is 5.38. The van der Waals surface area contributed by atoms with Crippen LogP contribution in [-0.4, -0.2) is 22.6 Å². The second-order valence-electron chi connectivity index (χ2n) is 5.86. The van der Waals surface area contributed by atoms with Crippen LogP contribution in [0.2, 0.25) is 0 Å². The van der Waals surface area contributed by atoms with Gasteiger partial charge in [0.25, 0.3) is 5.91 Å². The van der Waals surface area contributed by atoms with Gasteiger partial charge in [-0.3, -0.25) is 9.89 Å². The molecule has 0 aliphatic carbocycles. The SMILES string of the molecule is O=C(Nc1cccc(-c2ccn[nH]2)c1)c1ccc(C2CCCN2)s1. The minimum Gasteiger partial charge on any atom is -0.321 e. The maximum atomic E-state index is 12.5. The van der Waals surface area contributed by atoms with Crippen molar-refractivity contribution in [2.75, 3.05) is 11.9 Å². The quantitative estimate of drug-likeness (QED) is 0.677. The Kier molecular flexibility index (Phi) is 4.15. The molecule has 1 saturated heterocycles. The van der Waals surface area contributed by atoms with Crippen LogP contribution in [0.5, 0.6) is 0 Å². The van der Waals surface area contributed by atoms with Crippen molar-refractivity contribution in [3.63, 3.8) is 0 Å². The molecule has 1 aliphatic heterocycles. The number of benzene rings is 1. The zero-order valence-electron chi connectivity index (χ0n) is 13.1. The van der Waals surface area contributed by atoms with E-state index in [-0.39, 0.29) is 5.91 Å². The van der Waals surface area contributed by atoms with Gasteiger partial charge in [-0.1, -0.05) is 12.1 Å². The standard InChI is InChI=1S/C18H18N4OS/c23-18(17-7-6-16(24-17)15-5-2-9-19-15)21-13-4-1-3-12(11-13)14-8-10-20-22-14/h1,3-4,6-8,10-11,15,19H,2,5,9H2,(H,20,22)(H,21,23). The van der Waals surface area contributed by atoms with Crippen molar-refractivity contribution in [1.29, 1.82) is 0 Å². The number of aromatic nitrogens is 2. The number of hydrogen-bond acceptors (Lipinski definition) is 4. The molecule has 1 aliphatic rings. The zero-order valence-corrected chi connectivity index (χ0v) is 13.9. The van der Waals surface area contributed by atoms with Crippen LogP contribution >= 0.6 is 11.3 Å². The maximum absolute atomic E-state index is 12.5. The van der Waals surface area contributed by atoms with Crippen molar-refractivity contribution >= 4 is 22.9 Å². The van der Waals surface area contributed by atoms with Gasteiger partial charge in [0.15, 0.2) is 0 Å². The van der Waals surface area contributed by atoms with E-state index in [1.54, 1.807) is 17.5 Å². The summed E-state index contributed by atoms with van der Waals surface area (Å²) in [5.41, 5.74) is 2.70. The number of nitrogens with zero attached hydrogens (tertiary/aromatic N) is 1. The maximum Gasteiger partial charge on any atom is 0.265 e. The average Bonchev–Trinajstić information content (AvgIpc) is 3.36. The summed E-state index contributed by atoms with van der Waals surface area (Å²) in [6.07, 6.45) is 4.06. The fourth-order valence-corrected chi connectivity index (χ4v) is 3.98. The summed E-state index contributed by atoms with van der Waals surface area (Å²) < 4.78 is 0. The molecule has 0 spiro atoms. The van der Waals surface area contributed by atoms with Crippen LogP contribution < -0.4 is 10.6 Å². The molecule has 4 rings (SSSR count). The molecule has 122 valence electrons. The van der Waals surface area contributed by atoms with Crippen LogP contribution in [0, 0.1) is 0 Å². The largest absolute Gasteiger partial charge is 0.321 e. The van der Waals surface area contributed by atoms with E-state index in [0.29, 0.717) is 6.04 Å². The van der Waals surface area contributed by atoms with E-state index in [9.17, 15) is 4.79 Å². The number of hydrogen-bond donors (Lipinski definition) is 3. The molecule has 5 nitrogen and oxygen atoms in total.